The summed E-state index contributed by atoms with van der Waals surface area (Å²) in [5.74, 6) is -2.96. The molecule has 0 radical (unpaired) electrons. The van der Waals surface area contributed by atoms with Crippen molar-refractivity contribution in [1.82, 2.24) is 10.4 Å². The molecule has 3 N–H and O–H groups in total. The number of likely N-dealkylation sites (N-methyl/N-ethyl adjacent to an activating group) is 1. The molecule has 58 valence electrons. The third-order valence-electron chi connectivity index (χ3n) is 1.61. The maximum Gasteiger partial charge on any atom is 0.298 e. The van der Waals surface area contributed by atoms with E-state index in [2.05, 4.69) is 5.43 Å². The van der Waals surface area contributed by atoms with E-state index in [1.165, 1.54) is 14.0 Å². The normalized spacial score (nSPS) is 31.4. The van der Waals surface area contributed by atoms with Crippen molar-refractivity contribution in [2.45, 2.75) is 18.8 Å². The van der Waals surface area contributed by atoms with Gasteiger partial charge in [0.05, 0.1) is 6.04 Å². The fourth-order valence-electron chi connectivity index (χ4n) is 0.871. The Labute approximate surface area is 58.2 Å². The van der Waals surface area contributed by atoms with E-state index in [0.717, 1.165) is 5.01 Å². The second-order valence-electron chi connectivity index (χ2n) is 2.44. The lowest BCUT2D eigenvalue weighted by Crippen LogP contribution is -2.44. The molecule has 0 aliphatic carbocycles. The smallest absolute Gasteiger partial charge is 0.298 e. The Balaban J connectivity index is 2.85. The van der Waals surface area contributed by atoms with Crippen molar-refractivity contribution in [3.05, 3.63) is 0 Å². The molecule has 0 aromatic heterocycles. The van der Waals surface area contributed by atoms with E-state index in [9.17, 15) is 4.79 Å². The third-order valence-corrected chi connectivity index (χ3v) is 1.61. The highest BCUT2D eigenvalue weighted by molar-refractivity contribution is 5.85. The highest BCUT2D eigenvalue weighted by Gasteiger charge is 2.48. The maximum atomic E-state index is 10.8. The van der Waals surface area contributed by atoms with Crippen LogP contribution in [0.25, 0.3) is 0 Å². The average molecular weight is 146 g/mol. The Morgan fingerprint density at radius 2 is 2.20 bits per heavy atom. The first-order valence-electron chi connectivity index (χ1n) is 2.95. The maximum absolute atomic E-state index is 10.8. The number of nitrogens with one attached hydrogen (secondary N) is 1. The van der Waals surface area contributed by atoms with Crippen molar-refractivity contribution in [3.63, 3.8) is 0 Å². The van der Waals surface area contributed by atoms with E-state index < -0.39 is 17.7 Å². The molecule has 10 heavy (non-hydrogen) atoms. The number of carbonyl (C=O) groups is 1. The van der Waals surface area contributed by atoms with Crippen LogP contribution in [0.4, 0.5) is 0 Å². The van der Waals surface area contributed by atoms with Crippen molar-refractivity contribution in [2.24, 2.45) is 0 Å². The minimum atomic E-state index is -2.24. The molecule has 0 bridgehead atoms. The summed E-state index contributed by atoms with van der Waals surface area (Å²) in [5, 5.41) is 19.1. The summed E-state index contributed by atoms with van der Waals surface area (Å²) in [6, 6.07) is -0.648. The molecule has 1 amide bonds. The van der Waals surface area contributed by atoms with E-state index in [-0.39, 0.29) is 0 Å². The molecular formula is C5H10N2O3. The van der Waals surface area contributed by atoms with E-state index in [1.807, 2.05) is 0 Å². The summed E-state index contributed by atoms with van der Waals surface area (Å²) in [6.45, 7) is 1.52. The zero-order valence-electron chi connectivity index (χ0n) is 5.83. The zero-order valence-corrected chi connectivity index (χ0v) is 5.83. The number of amides is 1. The number of hydrazine groups is 1. The summed E-state index contributed by atoms with van der Waals surface area (Å²) >= 11 is 0. The molecule has 5 nitrogen and oxygen atoms in total. The van der Waals surface area contributed by atoms with Crippen molar-refractivity contribution >= 4 is 5.91 Å². The highest BCUT2D eigenvalue weighted by atomic mass is 16.5. The van der Waals surface area contributed by atoms with Gasteiger partial charge in [-0.15, -0.1) is 0 Å². The van der Waals surface area contributed by atoms with Crippen LogP contribution in [-0.2, 0) is 4.79 Å². The SMILES string of the molecule is CC1NN(C)C(=O)C1(O)O. The lowest BCUT2D eigenvalue weighted by Gasteiger charge is -2.14. The molecule has 0 aromatic rings. The number of hydrogen-bond donors (Lipinski definition) is 3. The van der Waals surface area contributed by atoms with Gasteiger partial charge < -0.3 is 10.2 Å². The van der Waals surface area contributed by atoms with Crippen LogP contribution in [-0.4, -0.2) is 40.0 Å². The molecule has 0 aromatic carbocycles. The lowest BCUT2D eigenvalue weighted by atomic mass is 10.1. The first-order chi connectivity index (χ1) is 4.46. The van der Waals surface area contributed by atoms with Gasteiger partial charge in [-0.2, -0.15) is 0 Å². The molecule has 1 heterocycles. The van der Waals surface area contributed by atoms with E-state index in [0.29, 0.717) is 0 Å². The van der Waals surface area contributed by atoms with Crippen molar-refractivity contribution < 1.29 is 15.0 Å². The summed E-state index contributed by atoms with van der Waals surface area (Å²) in [6.07, 6.45) is 0. The van der Waals surface area contributed by atoms with Gasteiger partial charge in [-0.3, -0.25) is 9.80 Å². The average Bonchev–Trinajstić information content (AvgIpc) is 1.97. The van der Waals surface area contributed by atoms with E-state index in [4.69, 9.17) is 10.2 Å². The predicted molar refractivity (Wildman–Crippen MR) is 32.5 cm³/mol. The van der Waals surface area contributed by atoms with Crippen LogP contribution in [0.3, 0.4) is 0 Å². The van der Waals surface area contributed by atoms with Gasteiger partial charge in [0.15, 0.2) is 0 Å². The monoisotopic (exact) mass is 146 g/mol. The molecular weight excluding hydrogens is 136 g/mol. The number of rotatable bonds is 0. The Morgan fingerprint density at radius 1 is 1.70 bits per heavy atom. The van der Waals surface area contributed by atoms with E-state index >= 15 is 0 Å². The quantitative estimate of drug-likeness (QED) is 0.347. The molecule has 1 fully saturated rings. The second-order valence-corrected chi connectivity index (χ2v) is 2.44. The third kappa shape index (κ3) is 0.792. The topological polar surface area (TPSA) is 72.8 Å². The van der Waals surface area contributed by atoms with Gasteiger partial charge in [0, 0.05) is 7.05 Å². The van der Waals surface area contributed by atoms with Gasteiger partial charge in [-0.25, -0.2) is 5.43 Å². The Morgan fingerprint density at radius 3 is 2.30 bits per heavy atom. The van der Waals surface area contributed by atoms with Gasteiger partial charge in [0.25, 0.3) is 11.7 Å². The largest absolute Gasteiger partial charge is 0.357 e. The summed E-state index contributed by atoms with van der Waals surface area (Å²) in [4.78, 5) is 10.8. The molecule has 1 unspecified atom stereocenters. The van der Waals surface area contributed by atoms with Crippen molar-refractivity contribution in [1.29, 1.82) is 0 Å². The first-order valence-corrected chi connectivity index (χ1v) is 2.95. The Bertz CT molecular complexity index is 168. The minimum Gasteiger partial charge on any atom is -0.357 e. The molecule has 1 atom stereocenters. The number of hydrogen-bond acceptors (Lipinski definition) is 4. The zero-order chi connectivity index (χ0) is 7.94. The number of aliphatic hydroxyl groups is 2. The number of carbonyl (C=O) groups excluding carboxylic acids is 1. The number of nitrogens with zero attached hydrogens (tertiary/aromatic N) is 1. The van der Waals surface area contributed by atoms with Gasteiger partial charge in [-0.1, -0.05) is 0 Å². The summed E-state index contributed by atoms with van der Waals surface area (Å²) in [7, 11) is 1.44. The fraction of sp³-hybridized carbons (Fsp3) is 0.800. The highest BCUT2D eigenvalue weighted by Crippen LogP contribution is 2.15. The summed E-state index contributed by atoms with van der Waals surface area (Å²) < 4.78 is 0. The molecule has 0 saturated carbocycles. The van der Waals surface area contributed by atoms with Crippen LogP contribution in [0.2, 0.25) is 0 Å². The van der Waals surface area contributed by atoms with Crippen LogP contribution < -0.4 is 5.43 Å². The lowest BCUT2D eigenvalue weighted by molar-refractivity contribution is -0.184. The van der Waals surface area contributed by atoms with Crippen LogP contribution in [0.1, 0.15) is 6.92 Å². The van der Waals surface area contributed by atoms with Crippen LogP contribution in [0.15, 0.2) is 0 Å². The predicted octanol–water partition coefficient (Wildman–Crippen LogP) is -1.97. The molecule has 5 heteroatoms. The molecule has 0 spiro atoms. The van der Waals surface area contributed by atoms with Crippen LogP contribution >= 0.6 is 0 Å². The van der Waals surface area contributed by atoms with Crippen molar-refractivity contribution in [3.8, 4) is 0 Å². The van der Waals surface area contributed by atoms with Gasteiger partial charge in [0.2, 0.25) is 0 Å². The Hall–Kier alpha value is -0.650. The standard InChI is InChI=1S/C5H10N2O3/c1-3-5(9,10)4(8)7(2)6-3/h3,6,9-10H,1-2H3. The molecule has 1 aliphatic heterocycles. The van der Waals surface area contributed by atoms with Crippen LogP contribution in [0.5, 0.6) is 0 Å². The molecule has 1 rings (SSSR count). The van der Waals surface area contributed by atoms with Gasteiger partial charge >= 0.3 is 0 Å². The molecule has 1 saturated heterocycles. The Kier molecular flexibility index (Phi) is 1.43. The van der Waals surface area contributed by atoms with Crippen molar-refractivity contribution in [2.75, 3.05) is 7.05 Å². The fourth-order valence-corrected chi connectivity index (χ4v) is 0.871. The van der Waals surface area contributed by atoms with Gasteiger partial charge in [0.1, 0.15) is 0 Å². The summed E-state index contributed by atoms with van der Waals surface area (Å²) in [5.41, 5.74) is 2.54. The first kappa shape index (κ1) is 7.46. The molecule has 1 aliphatic rings. The van der Waals surface area contributed by atoms with Crippen LogP contribution in [0, 0.1) is 0 Å². The van der Waals surface area contributed by atoms with Gasteiger partial charge in [-0.05, 0) is 6.92 Å². The van der Waals surface area contributed by atoms with E-state index in [1.54, 1.807) is 0 Å². The minimum absolute atomic E-state index is 0.648. The second kappa shape index (κ2) is 1.91.